The van der Waals surface area contributed by atoms with Crippen LogP contribution in [0.2, 0.25) is 0 Å². The molecule has 4 aliphatic rings. The maximum atomic E-state index is 15.4. The van der Waals surface area contributed by atoms with E-state index < -0.39 is 156 Å². The van der Waals surface area contributed by atoms with Gasteiger partial charge in [-0.2, -0.15) is 0 Å². The number of carbonyl (C=O) groups excluding carboxylic acids is 13. The highest BCUT2D eigenvalue weighted by Gasteiger charge is 2.43. The van der Waals surface area contributed by atoms with Gasteiger partial charge in [0.15, 0.2) is 0 Å². The number of nitrogens with one attached hydrogen (secondary N) is 11. The highest BCUT2D eigenvalue weighted by atomic mass is 33.1. The van der Waals surface area contributed by atoms with Crippen molar-refractivity contribution in [1.29, 1.82) is 0 Å². The zero-order valence-electron chi connectivity index (χ0n) is 60.5. The second kappa shape index (κ2) is 39.3. The van der Waals surface area contributed by atoms with Gasteiger partial charge in [-0.25, -0.2) is 4.98 Å². The van der Waals surface area contributed by atoms with Gasteiger partial charge in [0.25, 0.3) is 0 Å². The van der Waals surface area contributed by atoms with Crippen LogP contribution in [0.1, 0.15) is 59.7 Å². The summed E-state index contributed by atoms with van der Waals surface area (Å²) in [7, 11) is 1.82. The summed E-state index contributed by atoms with van der Waals surface area (Å²) in [5.41, 5.74) is 21.8. The van der Waals surface area contributed by atoms with Gasteiger partial charge in [0.1, 0.15) is 71.9 Å². The number of primary amides is 2. The van der Waals surface area contributed by atoms with E-state index in [2.05, 4.69) is 62.8 Å². The summed E-state index contributed by atoms with van der Waals surface area (Å²) >= 11 is 0.988. The summed E-state index contributed by atoms with van der Waals surface area (Å²) in [6.07, 6.45) is 3.38. The van der Waals surface area contributed by atoms with Crippen LogP contribution in [0.4, 0.5) is 0 Å². The van der Waals surface area contributed by atoms with E-state index >= 15 is 33.6 Å². The fourth-order valence-electron chi connectivity index (χ4n) is 13.1. The maximum absolute atomic E-state index is 15.4. The Morgan fingerprint density at radius 2 is 1.17 bits per heavy atom. The first-order valence-corrected chi connectivity index (χ1v) is 39.6. The van der Waals surface area contributed by atoms with Crippen molar-refractivity contribution in [2.75, 3.05) is 36.1 Å². The number of benzene rings is 5. The minimum absolute atomic E-state index is 0.0450. The highest BCUT2D eigenvalue weighted by molar-refractivity contribution is 8.76. The lowest BCUT2D eigenvalue weighted by atomic mass is 10.0. The van der Waals surface area contributed by atoms with Gasteiger partial charge in [-0.3, -0.25) is 62.3 Å². The van der Waals surface area contributed by atoms with Crippen molar-refractivity contribution < 1.29 is 72.5 Å². The number of thioether (sulfide) groups is 1. The van der Waals surface area contributed by atoms with Gasteiger partial charge < -0.3 is 95.0 Å². The molecule has 2 aromatic heterocycles. The van der Waals surface area contributed by atoms with Gasteiger partial charge in [0, 0.05) is 91.8 Å². The van der Waals surface area contributed by atoms with Gasteiger partial charge in [0.05, 0.1) is 30.2 Å². The molecule has 5 aromatic carbocycles. The van der Waals surface area contributed by atoms with Gasteiger partial charge in [-0.15, -0.1) is 11.8 Å². The molecule has 0 radical (unpaired) electrons. The van der Waals surface area contributed by atoms with E-state index in [4.69, 9.17) is 17.2 Å². The molecule has 4 fully saturated rings. The third-order valence-corrected chi connectivity index (χ3v) is 22.5. The van der Waals surface area contributed by atoms with Crippen LogP contribution in [0.5, 0.6) is 11.5 Å². The second-order valence-corrected chi connectivity index (χ2v) is 30.9. The number of hydrogen-bond acceptors (Lipinski definition) is 20. The smallest absolute Gasteiger partial charge is 0.246 e. The van der Waals surface area contributed by atoms with Gasteiger partial charge >= 0.3 is 0 Å². The molecule has 7 aromatic rings. The minimum Gasteiger partial charge on any atom is -0.508 e. The number of phenols is 2. The predicted octanol–water partition coefficient (Wildman–Crippen LogP) is -0.541. The third kappa shape index (κ3) is 23.3. The number of nitrogens with zero attached hydrogens (tertiary/aromatic N) is 3. The molecule has 32 nitrogen and oxygen atoms in total. The molecule has 0 aliphatic carbocycles. The quantitative estimate of drug-likeness (QED) is 0.0357. The lowest BCUT2D eigenvalue weighted by molar-refractivity contribution is -0.143. The Kier molecular flexibility index (Phi) is 29.0. The molecule has 2 bridgehead atoms. The molecule has 4 saturated heterocycles. The van der Waals surface area contributed by atoms with Crippen molar-refractivity contribution in [3.8, 4) is 11.5 Å². The summed E-state index contributed by atoms with van der Waals surface area (Å²) in [6, 6.07) is 18.6. The number of imidazole rings is 1. The second-order valence-electron chi connectivity index (χ2n) is 27.3. The molecule has 11 rings (SSSR count). The number of aromatic amines is 2. The van der Waals surface area contributed by atoms with E-state index in [-0.39, 0.29) is 91.8 Å². The van der Waals surface area contributed by atoms with Crippen LogP contribution in [0.3, 0.4) is 0 Å². The Bertz CT molecular complexity index is 4470. The van der Waals surface area contributed by atoms with Gasteiger partial charge in [0.2, 0.25) is 76.8 Å². The number of aromatic nitrogens is 3. The normalized spacial score (nSPS) is 23.2. The lowest BCUT2D eigenvalue weighted by Gasteiger charge is -2.38. The number of fused-ring (bicyclic) bond motifs is 29. The van der Waals surface area contributed by atoms with Crippen LogP contribution in [-0.2, 0) is 101 Å². The van der Waals surface area contributed by atoms with E-state index in [0.717, 1.165) is 33.3 Å². The molecule has 111 heavy (non-hydrogen) atoms. The Balaban J connectivity index is 1.03. The van der Waals surface area contributed by atoms with E-state index in [1.165, 1.54) is 65.6 Å². The summed E-state index contributed by atoms with van der Waals surface area (Å²) in [5, 5.41) is 45.0. The standard InChI is InChI=1S/C76H89N17O15S3/c1-42-67(99)85-56(29-43-11-4-2-5-12-43)70(102)90-61(73(105)84-55(66(79)98)28-46-20-24-51(95)25-21-46)39-111-110-38-60(89-68(100)53(77)27-45-18-22-50(94)23-19-45)74(106)87-58(32-48-35-80-41-82-48)72(104)86-57(30-44-13-6-3-7-14-44)71(103)91-62-37-109-40-65(97)93(36-49-15-10-26-92(49)76(62)108)63(31-47-34-81-54-17-9-8-16-52(47)54)75(107)88-59(33-64(78)96)69(101)83-42/h2-9,11-14,16-25,34-35,41-42,49,53,55-63,81,94-95H,10,15,26-33,36-40,77H2,1H3,(H2,78,96)(H2,79,98)(H,80,82)(H,83,101)(H,84,105)(H,85,99)(H,86,104)(H,87,106)(H,88,107)(H,89,100)(H,90,102)(H,91,103)/t42-,49-,53-,55-,56-,57+,58-,59-,60-,61-,62+,63-/m0/s1. The Hall–Kier alpha value is -11.4. The Labute approximate surface area is 650 Å². The van der Waals surface area contributed by atoms with Crippen LogP contribution < -0.4 is 65.1 Å². The number of aromatic hydroxyl groups is 2. The number of hydrogen-bond donors (Lipinski definition) is 16. The molecule has 4 aliphatic heterocycles. The summed E-state index contributed by atoms with van der Waals surface area (Å²) in [4.78, 5) is 204. The van der Waals surface area contributed by atoms with Crippen LogP contribution in [-0.4, -0.2) is 220 Å². The van der Waals surface area contributed by atoms with Crippen LogP contribution in [0.25, 0.3) is 10.9 Å². The summed E-state index contributed by atoms with van der Waals surface area (Å²) < 4.78 is 0. The Morgan fingerprint density at radius 3 is 1.81 bits per heavy atom. The molecular weight excluding hydrogens is 1490 g/mol. The number of para-hydroxylation sites is 1. The van der Waals surface area contributed by atoms with E-state index in [9.17, 15) is 39.0 Å². The van der Waals surface area contributed by atoms with Crippen molar-refractivity contribution in [1.82, 2.24) is 72.6 Å². The van der Waals surface area contributed by atoms with Gasteiger partial charge in [-0.05, 0) is 84.3 Å². The first kappa shape index (κ1) is 82.1. The first-order valence-electron chi connectivity index (χ1n) is 36.0. The molecule has 12 atom stereocenters. The number of rotatable bonds is 19. The maximum Gasteiger partial charge on any atom is 0.246 e. The summed E-state index contributed by atoms with van der Waals surface area (Å²) in [6.45, 7) is 1.22. The molecule has 0 spiro atoms. The van der Waals surface area contributed by atoms with E-state index in [1.54, 1.807) is 91.1 Å². The number of carbonyl (C=O) groups is 13. The molecule has 35 heteroatoms. The van der Waals surface area contributed by atoms with Crippen LogP contribution in [0, 0.1) is 0 Å². The molecule has 6 heterocycles. The average Bonchev–Trinajstić information content (AvgIpc) is 1.78. The minimum atomic E-state index is -1.78. The molecule has 586 valence electrons. The predicted molar refractivity (Wildman–Crippen MR) is 415 cm³/mol. The van der Waals surface area contributed by atoms with Gasteiger partial charge in [-0.1, -0.05) is 125 Å². The third-order valence-electron chi connectivity index (χ3n) is 19.1. The van der Waals surface area contributed by atoms with Crippen LogP contribution in [0.15, 0.2) is 152 Å². The molecule has 0 saturated carbocycles. The highest BCUT2D eigenvalue weighted by Crippen LogP contribution is 2.29. The van der Waals surface area contributed by atoms with Crippen molar-refractivity contribution in [2.24, 2.45) is 17.2 Å². The van der Waals surface area contributed by atoms with Crippen molar-refractivity contribution in [3.05, 3.63) is 186 Å². The van der Waals surface area contributed by atoms with Crippen molar-refractivity contribution in [2.45, 2.75) is 137 Å². The number of nitrogens with two attached hydrogens (primary N) is 3. The monoisotopic (exact) mass is 1580 g/mol. The van der Waals surface area contributed by atoms with Crippen molar-refractivity contribution >= 4 is 121 Å². The topological polar surface area (TPSA) is 500 Å². The fourth-order valence-corrected chi connectivity index (χ4v) is 16.4. The van der Waals surface area contributed by atoms with Crippen LogP contribution >= 0.6 is 33.3 Å². The first-order chi connectivity index (χ1) is 53.3. The molecule has 0 unspecified atom stereocenters. The zero-order chi connectivity index (χ0) is 79.3. The summed E-state index contributed by atoms with van der Waals surface area (Å²) in [5.74, 6) is -12.9. The lowest BCUT2D eigenvalue weighted by Crippen LogP contribution is -2.62. The molecule has 13 amide bonds. The van der Waals surface area contributed by atoms with Crippen molar-refractivity contribution in [3.63, 3.8) is 0 Å². The van der Waals surface area contributed by atoms with E-state index in [1.807, 2.05) is 12.1 Å². The number of amides is 13. The van der Waals surface area contributed by atoms with E-state index in [0.29, 0.717) is 51.6 Å². The molecular formula is C76H89N17O15S3. The zero-order valence-corrected chi connectivity index (χ0v) is 62.9. The number of H-pyrrole nitrogens is 2. The SMILES string of the molecule is C[C@@H]1NC(=O)[C@H](CC(N)=O)NC(=O)[C@H](Cc2c[nH]c3ccccc23)N2C[C@@H]3CCCN3C(=O)[C@@H](CSCC2=O)NC(=O)[C@@H](Cc2ccccc2)NC(=O)[C@H](Cc2c[nH]cn2)NC(=O)[C@@H](NC(=O)[C@@H](N)Cc2ccc(O)cc2)CSSC[C@@H](C(=O)N[C@@H](Cc2ccc(O)cc2)C(N)=O)NC(=O)[C@H](Cc2ccccc2)NC1=O. The Morgan fingerprint density at radius 1 is 0.595 bits per heavy atom. The fraction of sp³-hybridized carbons (Fsp3) is 0.368. The average molecular weight is 1580 g/mol. The largest absolute Gasteiger partial charge is 0.508 e. The number of phenolic OH excluding ortho intramolecular Hbond substituents is 2. The molecule has 19 N–H and O–H groups in total.